The van der Waals surface area contributed by atoms with Crippen molar-refractivity contribution in [3.05, 3.63) is 77.5 Å². The van der Waals surface area contributed by atoms with Gasteiger partial charge >= 0.3 is 0 Å². The lowest BCUT2D eigenvalue weighted by atomic mass is 10.1. The van der Waals surface area contributed by atoms with Crippen molar-refractivity contribution in [2.24, 2.45) is 0 Å². The SMILES string of the molecule is Cc1cc(Sc2cnc(Nc3ccccc3)c(-c3ccsc3)c2)co1. The lowest BCUT2D eigenvalue weighted by Crippen LogP contribution is -1.96. The Morgan fingerprint density at radius 3 is 2.68 bits per heavy atom. The molecule has 0 aliphatic heterocycles. The fourth-order valence-electron chi connectivity index (χ4n) is 2.51. The number of nitrogens with zero attached hydrogens (tertiary/aromatic N) is 1. The molecule has 0 saturated carbocycles. The molecule has 3 aromatic heterocycles. The van der Waals surface area contributed by atoms with E-state index >= 15 is 0 Å². The van der Waals surface area contributed by atoms with Crippen LogP contribution in [0.3, 0.4) is 0 Å². The van der Waals surface area contributed by atoms with Crippen molar-refractivity contribution >= 4 is 34.6 Å². The number of hydrogen-bond donors (Lipinski definition) is 1. The summed E-state index contributed by atoms with van der Waals surface area (Å²) in [4.78, 5) is 6.84. The van der Waals surface area contributed by atoms with Gasteiger partial charge in [-0.2, -0.15) is 11.3 Å². The predicted octanol–water partition coefficient (Wildman–Crippen LogP) is 6.61. The highest BCUT2D eigenvalue weighted by Gasteiger charge is 2.11. The summed E-state index contributed by atoms with van der Waals surface area (Å²) in [6, 6.07) is 16.4. The van der Waals surface area contributed by atoms with Gasteiger partial charge in [-0.1, -0.05) is 30.0 Å². The summed E-state index contributed by atoms with van der Waals surface area (Å²) in [7, 11) is 0. The van der Waals surface area contributed by atoms with Crippen molar-refractivity contribution in [1.82, 2.24) is 4.98 Å². The van der Waals surface area contributed by atoms with Crippen LogP contribution < -0.4 is 5.32 Å². The van der Waals surface area contributed by atoms with Crippen LogP contribution in [0.25, 0.3) is 11.1 Å². The molecule has 124 valence electrons. The molecule has 0 aliphatic carbocycles. The van der Waals surface area contributed by atoms with Crippen LogP contribution in [0.1, 0.15) is 5.76 Å². The van der Waals surface area contributed by atoms with E-state index in [1.54, 1.807) is 29.4 Å². The lowest BCUT2D eigenvalue weighted by molar-refractivity contribution is 0.530. The topological polar surface area (TPSA) is 38.1 Å². The Morgan fingerprint density at radius 2 is 1.96 bits per heavy atom. The van der Waals surface area contributed by atoms with Gasteiger partial charge in [-0.05, 0) is 53.6 Å². The molecule has 0 amide bonds. The quantitative estimate of drug-likeness (QED) is 0.432. The van der Waals surface area contributed by atoms with Crippen molar-refractivity contribution < 1.29 is 4.42 Å². The van der Waals surface area contributed by atoms with E-state index in [9.17, 15) is 0 Å². The zero-order valence-electron chi connectivity index (χ0n) is 13.6. The first-order chi connectivity index (χ1) is 12.3. The molecule has 0 radical (unpaired) electrons. The molecule has 3 heterocycles. The Labute approximate surface area is 154 Å². The second-order valence-corrected chi connectivity index (χ2v) is 7.49. The highest BCUT2D eigenvalue weighted by Crippen LogP contribution is 2.36. The first-order valence-electron chi connectivity index (χ1n) is 7.85. The number of pyridine rings is 1. The highest BCUT2D eigenvalue weighted by atomic mass is 32.2. The van der Waals surface area contributed by atoms with Crippen molar-refractivity contribution in [1.29, 1.82) is 0 Å². The van der Waals surface area contributed by atoms with E-state index in [-0.39, 0.29) is 0 Å². The summed E-state index contributed by atoms with van der Waals surface area (Å²) in [5.41, 5.74) is 3.29. The van der Waals surface area contributed by atoms with Crippen LogP contribution in [0.4, 0.5) is 11.5 Å². The third-order valence-electron chi connectivity index (χ3n) is 3.67. The van der Waals surface area contributed by atoms with Crippen LogP contribution in [-0.2, 0) is 0 Å². The van der Waals surface area contributed by atoms with E-state index in [0.717, 1.165) is 32.6 Å². The van der Waals surface area contributed by atoms with E-state index in [2.05, 4.69) is 33.2 Å². The number of para-hydroxylation sites is 1. The summed E-state index contributed by atoms with van der Waals surface area (Å²) in [6.45, 7) is 1.95. The number of benzene rings is 1. The van der Waals surface area contributed by atoms with E-state index in [4.69, 9.17) is 4.42 Å². The molecule has 4 rings (SSSR count). The van der Waals surface area contributed by atoms with Gasteiger partial charge in [0.05, 0.1) is 4.90 Å². The van der Waals surface area contributed by atoms with Gasteiger partial charge in [-0.15, -0.1) is 0 Å². The zero-order valence-corrected chi connectivity index (χ0v) is 15.2. The lowest BCUT2D eigenvalue weighted by Gasteiger charge is -2.12. The monoisotopic (exact) mass is 364 g/mol. The largest absolute Gasteiger partial charge is 0.468 e. The first kappa shape index (κ1) is 16.0. The summed E-state index contributed by atoms with van der Waals surface area (Å²) >= 11 is 3.34. The van der Waals surface area contributed by atoms with Crippen LogP contribution in [-0.4, -0.2) is 4.98 Å². The fourth-order valence-corrected chi connectivity index (χ4v) is 4.04. The Balaban J connectivity index is 1.69. The van der Waals surface area contributed by atoms with Crippen LogP contribution in [0.15, 0.2) is 86.0 Å². The number of aryl methyl sites for hydroxylation is 1. The Hall–Kier alpha value is -2.50. The van der Waals surface area contributed by atoms with Crippen LogP contribution in [0.5, 0.6) is 0 Å². The molecule has 0 unspecified atom stereocenters. The maximum Gasteiger partial charge on any atom is 0.138 e. The molecule has 4 aromatic rings. The first-order valence-corrected chi connectivity index (χ1v) is 9.61. The molecule has 0 bridgehead atoms. The van der Waals surface area contributed by atoms with Gasteiger partial charge in [-0.3, -0.25) is 0 Å². The number of hydrogen-bond acceptors (Lipinski definition) is 5. The smallest absolute Gasteiger partial charge is 0.138 e. The molecule has 0 fully saturated rings. The maximum atomic E-state index is 5.39. The summed E-state index contributed by atoms with van der Waals surface area (Å²) in [6.07, 6.45) is 3.68. The second-order valence-electron chi connectivity index (χ2n) is 5.57. The zero-order chi connectivity index (χ0) is 17.1. The van der Waals surface area contributed by atoms with Gasteiger partial charge in [0.1, 0.15) is 17.8 Å². The maximum absolute atomic E-state index is 5.39. The van der Waals surface area contributed by atoms with E-state index < -0.39 is 0 Å². The van der Waals surface area contributed by atoms with E-state index in [0.29, 0.717) is 0 Å². The van der Waals surface area contributed by atoms with Crippen LogP contribution >= 0.6 is 23.1 Å². The van der Waals surface area contributed by atoms with Crippen molar-refractivity contribution in [3.63, 3.8) is 0 Å². The molecular formula is C20H16N2OS2. The Morgan fingerprint density at radius 1 is 1.08 bits per heavy atom. The number of aromatic nitrogens is 1. The van der Waals surface area contributed by atoms with E-state index in [1.165, 1.54) is 5.56 Å². The predicted molar refractivity (Wildman–Crippen MR) is 105 cm³/mol. The van der Waals surface area contributed by atoms with Gasteiger partial charge < -0.3 is 9.73 Å². The Bertz CT molecular complexity index is 963. The third kappa shape index (κ3) is 3.78. The van der Waals surface area contributed by atoms with E-state index in [1.807, 2.05) is 49.5 Å². The summed E-state index contributed by atoms with van der Waals surface area (Å²) in [5.74, 6) is 1.77. The molecule has 25 heavy (non-hydrogen) atoms. The highest BCUT2D eigenvalue weighted by molar-refractivity contribution is 7.99. The van der Waals surface area contributed by atoms with Gasteiger partial charge in [0, 0.05) is 22.3 Å². The number of thiophene rings is 1. The average molecular weight is 364 g/mol. The molecule has 1 aromatic carbocycles. The minimum Gasteiger partial charge on any atom is -0.468 e. The minimum atomic E-state index is 0.859. The molecule has 0 atom stereocenters. The van der Waals surface area contributed by atoms with Crippen LogP contribution in [0.2, 0.25) is 0 Å². The normalized spacial score (nSPS) is 10.8. The average Bonchev–Trinajstić information content (AvgIpc) is 3.29. The third-order valence-corrected chi connectivity index (χ3v) is 5.27. The molecule has 0 saturated heterocycles. The van der Waals surface area contributed by atoms with Gasteiger partial charge in [-0.25, -0.2) is 4.98 Å². The molecule has 1 N–H and O–H groups in total. The minimum absolute atomic E-state index is 0.859. The van der Waals surface area contributed by atoms with Gasteiger partial charge in [0.25, 0.3) is 0 Å². The van der Waals surface area contributed by atoms with Crippen molar-refractivity contribution in [2.45, 2.75) is 16.7 Å². The summed E-state index contributed by atoms with van der Waals surface area (Å²) in [5, 5.41) is 7.65. The van der Waals surface area contributed by atoms with Crippen molar-refractivity contribution in [3.8, 4) is 11.1 Å². The molecule has 5 heteroatoms. The van der Waals surface area contributed by atoms with Crippen molar-refractivity contribution in [2.75, 3.05) is 5.32 Å². The second kappa shape index (κ2) is 7.17. The molecule has 3 nitrogen and oxygen atoms in total. The number of anilines is 2. The summed E-state index contributed by atoms with van der Waals surface area (Å²) < 4.78 is 5.39. The molecule has 0 spiro atoms. The number of nitrogens with one attached hydrogen (secondary N) is 1. The van der Waals surface area contributed by atoms with Gasteiger partial charge in [0.2, 0.25) is 0 Å². The number of furan rings is 1. The Kier molecular flexibility index (Phi) is 4.59. The van der Waals surface area contributed by atoms with Gasteiger partial charge in [0.15, 0.2) is 0 Å². The standard InChI is InChI=1S/C20H16N2OS2/c1-14-9-18(12-23-14)25-17-10-19(15-7-8-24-13-15)20(21-11-17)22-16-5-3-2-4-6-16/h2-13H,1H3,(H,21,22). The fraction of sp³-hybridized carbons (Fsp3) is 0.0500. The molecular weight excluding hydrogens is 348 g/mol. The number of rotatable bonds is 5. The molecule has 0 aliphatic rings. The van der Waals surface area contributed by atoms with Crippen LogP contribution in [0, 0.1) is 6.92 Å².